The van der Waals surface area contributed by atoms with E-state index < -0.39 is 35.5 Å². The zero-order chi connectivity index (χ0) is 12.5. The number of pyridine rings is 1. The number of hydrogen-bond acceptors (Lipinski definition) is 2. The predicted molar refractivity (Wildman–Crippen MR) is 42.7 cm³/mol. The van der Waals surface area contributed by atoms with E-state index in [1.54, 1.807) is 0 Å². The number of nitrogens with zero attached hydrogens (tertiary/aromatic N) is 1. The molecule has 0 atom stereocenters. The highest BCUT2D eigenvalue weighted by Crippen LogP contribution is 2.30. The van der Waals surface area contributed by atoms with Crippen molar-refractivity contribution in [2.45, 2.75) is 12.6 Å². The van der Waals surface area contributed by atoms with E-state index in [-0.39, 0.29) is 6.07 Å². The fourth-order valence-electron chi connectivity index (χ4n) is 0.949. The quantitative estimate of drug-likeness (QED) is 0.805. The Kier molecular flexibility index (Phi) is 3.11. The van der Waals surface area contributed by atoms with E-state index in [1.165, 1.54) is 0 Å². The second-order valence-corrected chi connectivity index (χ2v) is 2.83. The number of alkyl halides is 5. The van der Waals surface area contributed by atoms with Crippen LogP contribution in [0, 0.1) is 0 Å². The van der Waals surface area contributed by atoms with Gasteiger partial charge in [0, 0.05) is 5.56 Å². The molecule has 8 heteroatoms. The van der Waals surface area contributed by atoms with Crippen molar-refractivity contribution in [3.63, 3.8) is 0 Å². The Morgan fingerprint density at radius 3 is 2.25 bits per heavy atom. The van der Waals surface area contributed by atoms with Gasteiger partial charge in [0.25, 0.3) is 12.3 Å². The highest BCUT2D eigenvalue weighted by molar-refractivity contribution is 5.91. The number of nitrogens with two attached hydrogens (primary N) is 1. The van der Waals surface area contributed by atoms with Crippen molar-refractivity contribution in [2.24, 2.45) is 5.73 Å². The predicted octanol–water partition coefficient (Wildman–Crippen LogP) is 2.14. The van der Waals surface area contributed by atoms with E-state index in [0.717, 1.165) is 0 Å². The van der Waals surface area contributed by atoms with Crippen molar-refractivity contribution in [3.8, 4) is 0 Å². The summed E-state index contributed by atoms with van der Waals surface area (Å²) in [6.07, 6.45) is -8.04. The van der Waals surface area contributed by atoms with Crippen molar-refractivity contribution in [1.29, 1.82) is 0 Å². The first-order valence-corrected chi connectivity index (χ1v) is 3.89. The molecule has 2 N–H and O–H groups in total. The van der Waals surface area contributed by atoms with Crippen molar-refractivity contribution >= 4 is 5.91 Å². The van der Waals surface area contributed by atoms with Crippen LogP contribution in [0.15, 0.2) is 12.1 Å². The molecule has 0 fully saturated rings. The number of hydrogen-bond donors (Lipinski definition) is 1. The molecule has 0 aliphatic carbocycles. The van der Waals surface area contributed by atoms with Crippen LogP contribution in [0.2, 0.25) is 0 Å². The Balaban J connectivity index is 3.36. The number of carbonyl (C=O) groups excluding carboxylic acids is 1. The van der Waals surface area contributed by atoms with Gasteiger partial charge in [-0.1, -0.05) is 0 Å². The van der Waals surface area contributed by atoms with Gasteiger partial charge in [-0.15, -0.1) is 0 Å². The van der Waals surface area contributed by atoms with Crippen LogP contribution in [0.1, 0.15) is 28.2 Å². The molecule has 0 spiro atoms. The molecule has 0 unspecified atom stereocenters. The molecule has 0 radical (unpaired) electrons. The number of primary amides is 1. The molecule has 1 heterocycles. The summed E-state index contributed by atoms with van der Waals surface area (Å²) in [4.78, 5) is 13.5. The first-order chi connectivity index (χ1) is 7.21. The SMILES string of the molecule is NC(=O)c1cc(C(F)F)cc(C(F)(F)F)n1. The first kappa shape index (κ1) is 12.3. The van der Waals surface area contributed by atoms with Crippen LogP contribution in [0.3, 0.4) is 0 Å². The van der Waals surface area contributed by atoms with Crippen molar-refractivity contribution < 1.29 is 26.7 Å². The first-order valence-electron chi connectivity index (χ1n) is 3.89. The average molecular weight is 240 g/mol. The largest absolute Gasteiger partial charge is 0.433 e. The third kappa shape index (κ3) is 2.65. The minimum Gasteiger partial charge on any atom is -0.364 e. The minimum absolute atomic E-state index is 0.178. The monoisotopic (exact) mass is 240 g/mol. The van der Waals surface area contributed by atoms with Gasteiger partial charge < -0.3 is 5.73 Å². The van der Waals surface area contributed by atoms with Gasteiger partial charge in [-0.05, 0) is 12.1 Å². The van der Waals surface area contributed by atoms with Crippen LogP contribution < -0.4 is 5.73 Å². The van der Waals surface area contributed by atoms with Crippen LogP contribution in [-0.2, 0) is 6.18 Å². The fraction of sp³-hybridized carbons (Fsp3) is 0.250. The summed E-state index contributed by atoms with van der Waals surface area (Å²) in [5.41, 5.74) is 1.32. The zero-order valence-electron chi connectivity index (χ0n) is 7.55. The standard InChI is InChI=1S/C8H5F5N2O/c9-6(10)3-1-4(7(14)16)15-5(2-3)8(11,12)13/h1-2,6H,(H2,14,16). The van der Waals surface area contributed by atoms with Gasteiger partial charge in [0.15, 0.2) is 0 Å². The van der Waals surface area contributed by atoms with Crippen LogP contribution in [0.5, 0.6) is 0 Å². The highest BCUT2D eigenvalue weighted by Gasteiger charge is 2.34. The maximum absolute atomic E-state index is 12.2. The topological polar surface area (TPSA) is 56.0 Å². The lowest BCUT2D eigenvalue weighted by molar-refractivity contribution is -0.141. The van der Waals surface area contributed by atoms with Crippen LogP contribution in [-0.4, -0.2) is 10.9 Å². The summed E-state index contributed by atoms with van der Waals surface area (Å²) in [7, 11) is 0. The molecule has 0 aliphatic rings. The molecular formula is C8H5F5N2O. The van der Waals surface area contributed by atoms with E-state index in [0.29, 0.717) is 6.07 Å². The van der Waals surface area contributed by atoms with Crippen molar-refractivity contribution in [1.82, 2.24) is 4.98 Å². The third-order valence-corrected chi connectivity index (χ3v) is 1.64. The van der Waals surface area contributed by atoms with Gasteiger partial charge >= 0.3 is 6.18 Å². The second kappa shape index (κ2) is 4.03. The molecule has 0 saturated heterocycles. The van der Waals surface area contributed by atoms with Gasteiger partial charge in [-0.3, -0.25) is 4.79 Å². The summed E-state index contributed by atoms with van der Waals surface area (Å²) < 4.78 is 61.1. The molecule has 0 bridgehead atoms. The Bertz CT molecular complexity index is 415. The minimum atomic E-state index is -4.91. The lowest BCUT2D eigenvalue weighted by Crippen LogP contribution is -2.18. The molecule has 1 aromatic heterocycles. The van der Waals surface area contributed by atoms with Gasteiger partial charge in [-0.2, -0.15) is 13.2 Å². The molecule has 0 aromatic carbocycles. The van der Waals surface area contributed by atoms with Gasteiger partial charge in [0.2, 0.25) is 0 Å². The normalized spacial score (nSPS) is 11.9. The Labute approximate surface area is 86.1 Å². The molecule has 1 aromatic rings. The summed E-state index contributed by atoms with van der Waals surface area (Å²) in [5.74, 6) is -1.30. The molecule has 1 rings (SSSR count). The Hall–Kier alpha value is -1.73. The van der Waals surface area contributed by atoms with Crippen molar-refractivity contribution in [3.05, 3.63) is 29.1 Å². The second-order valence-electron chi connectivity index (χ2n) is 2.83. The molecule has 1 amide bonds. The van der Waals surface area contributed by atoms with Crippen molar-refractivity contribution in [2.75, 3.05) is 0 Å². The fourth-order valence-corrected chi connectivity index (χ4v) is 0.949. The van der Waals surface area contributed by atoms with E-state index in [1.807, 2.05) is 0 Å². The Morgan fingerprint density at radius 2 is 1.88 bits per heavy atom. The number of rotatable bonds is 2. The maximum Gasteiger partial charge on any atom is 0.433 e. The van der Waals surface area contributed by atoms with Gasteiger partial charge in [0.05, 0.1) is 0 Å². The summed E-state index contributed by atoms with van der Waals surface area (Å²) in [6, 6.07) is 0.708. The smallest absolute Gasteiger partial charge is 0.364 e. The van der Waals surface area contributed by atoms with Crippen LogP contribution in [0.25, 0.3) is 0 Å². The lowest BCUT2D eigenvalue weighted by Gasteiger charge is -2.09. The third-order valence-electron chi connectivity index (χ3n) is 1.64. The van der Waals surface area contributed by atoms with E-state index in [9.17, 15) is 26.7 Å². The number of carbonyl (C=O) groups is 1. The van der Waals surface area contributed by atoms with E-state index in [2.05, 4.69) is 10.7 Å². The summed E-state index contributed by atoms with van der Waals surface area (Å²) in [5, 5.41) is 0. The highest BCUT2D eigenvalue weighted by atomic mass is 19.4. The van der Waals surface area contributed by atoms with Gasteiger partial charge in [0.1, 0.15) is 11.4 Å². The zero-order valence-corrected chi connectivity index (χ0v) is 7.55. The molecule has 16 heavy (non-hydrogen) atoms. The molecule has 0 saturated carbocycles. The van der Waals surface area contributed by atoms with Crippen LogP contribution in [0.4, 0.5) is 22.0 Å². The molecule has 88 valence electrons. The molecule has 3 nitrogen and oxygen atoms in total. The molecular weight excluding hydrogens is 235 g/mol. The average Bonchev–Trinajstić information content (AvgIpc) is 2.15. The summed E-state index contributed by atoms with van der Waals surface area (Å²) in [6.45, 7) is 0. The van der Waals surface area contributed by atoms with E-state index >= 15 is 0 Å². The number of amides is 1. The summed E-state index contributed by atoms with van der Waals surface area (Å²) >= 11 is 0. The van der Waals surface area contributed by atoms with E-state index in [4.69, 9.17) is 0 Å². The molecule has 0 aliphatic heterocycles. The number of aromatic nitrogens is 1. The van der Waals surface area contributed by atoms with Crippen LogP contribution >= 0.6 is 0 Å². The maximum atomic E-state index is 12.2. The lowest BCUT2D eigenvalue weighted by atomic mass is 10.2. The number of halogens is 5. The Morgan fingerprint density at radius 1 is 1.31 bits per heavy atom. The van der Waals surface area contributed by atoms with Gasteiger partial charge in [-0.25, -0.2) is 13.8 Å².